The minimum Gasteiger partial charge on any atom is -0.443 e. The smallest absolute Gasteiger partial charge is 0.323 e. The average Bonchev–Trinajstić information content (AvgIpc) is 2.81. The van der Waals surface area contributed by atoms with E-state index in [1.807, 2.05) is 20.8 Å². The van der Waals surface area contributed by atoms with Crippen molar-refractivity contribution in [3.63, 3.8) is 0 Å². The molecule has 8 nitrogen and oxygen atoms in total. The average molecular weight is 484 g/mol. The van der Waals surface area contributed by atoms with Gasteiger partial charge in [0.1, 0.15) is 17.5 Å². The molecule has 1 aromatic rings. The van der Waals surface area contributed by atoms with Crippen LogP contribution in [-0.2, 0) is 15.5 Å². The lowest BCUT2D eigenvalue weighted by atomic mass is 9.95. The van der Waals surface area contributed by atoms with Crippen LogP contribution in [0.15, 0.2) is 57.4 Å². The van der Waals surface area contributed by atoms with Crippen molar-refractivity contribution >= 4 is 40.0 Å². The van der Waals surface area contributed by atoms with Gasteiger partial charge in [-0.2, -0.15) is 0 Å². The summed E-state index contributed by atoms with van der Waals surface area (Å²) in [5, 5.41) is 2.55. The molecule has 1 atom stereocenters. The first kappa shape index (κ1) is 25.4. The molecule has 0 fully saturated rings. The molecular weight excluding hydrogens is 457 g/mol. The second kappa shape index (κ2) is 10.2. The van der Waals surface area contributed by atoms with Crippen LogP contribution in [0.2, 0.25) is 0 Å². The van der Waals surface area contributed by atoms with Gasteiger partial charge in [-0.05, 0) is 24.3 Å². The standard InChI is InChI=1S/C21H27ClFN5O3S/c1-12(21(2,3)4)31-19(26-5)14-8-16-17(9-15(14)23)32(30)11-27-20(29)28(16)10-13(24)6-7-18(22)25/h6-9H,1,10-11,24-25H2,2-5H3,(H,27,29)/b13-6-,18-7-,26-19?. The lowest BCUT2D eigenvalue weighted by molar-refractivity contribution is 0.248. The van der Waals surface area contributed by atoms with Gasteiger partial charge < -0.3 is 21.5 Å². The number of rotatable bonds is 5. The molecule has 1 unspecified atom stereocenters. The number of nitrogens with one attached hydrogen (secondary N) is 1. The van der Waals surface area contributed by atoms with Gasteiger partial charge in [0, 0.05) is 18.2 Å². The van der Waals surface area contributed by atoms with Gasteiger partial charge in [0.05, 0.1) is 38.6 Å². The van der Waals surface area contributed by atoms with Crippen molar-refractivity contribution in [3.8, 4) is 0 Å². The molecule has 0 radical (unpaired) electrons. The summed E-state index contributed by atoms with van der Waals surface area (Å²) >= 11 is 5.61. The van der Waals surface area contributed by atoms with Gasteiger partial charge in [-0.15, -0.1) is 0 Å². The summed E-state index contributed by atoms with van der Waals surface area (Å²) in [5.74, 6) is -0.522. The number of carbonyl (C=O) groups is 1. The van der Waals surface area contributed by atoms with Gasteiger partial charge >= 0.3 is 6.03 Å². The number of aliphatic imine (C=N–C) groups is 1. The Morgan fingerprint density at radius 3 is 2.62 bits per heavy atom. The molecule has 1 aliphatic rings. The third-order valence-corrected chi connectivity index (χ3v) is 5.82. The first-order chi connectivity index (χ1) is 14.8. The number of nitrogens with zero attached hydrogens (tertiary/aromatic N) is 2. The van der Waals surface area contributed by atoms with Crippen molar-refractivity contribution in [2.24, 2.45) is 21.9 Å². The minimum absolute atomic E-state index is 0.0131. The van der Waals surface area contributed by atoms with E-state index in [0.717, 1.165) is 6.07 Å². The zero-order valence-corrected chi connectivity index (χ0v) is 19.9. The fraction of sp³-hybridized carbons (Fsp3) is 0.333. The maximum atomic E-state index is 15.0. The number of halogens is 2. The van der Waals surface area contributed by atoms with Crippen LogP contribution in [0.1, 0.15) is 26.3 Å². The van der Waals surface area contributed by atoms with E-state index in [9.17, 15) is 9.00 Å². The highest BCUT2D eigenvalue weighted by Gasteiger charge is 2.29. The predicted molar refractivity (Wildman–Crippen MR) is 126 cm³/mol. The molecule has 5 N–H and O–H groups in total. The van der Waals surface area contributed by atoms with Crippen molar-refractivity contribution in [2.45, 2.75) is 25.7 Å². The van der Waals surface area contributed by atoms with Gasteiger partial charge in [-0.25, -0.2) is 9.18 Å². The van der Waals surface area contributed by atoms with Crippen LogP contribution in [0.25, 0.3) is 0 Å². The Kier molecular flexibility index (Phi) is 8.08. The van der Waals surface area contributed by atoms with Crippen molar-refractivity contribution < 1.29 is 18.1 Å². The Labute approximate surface area is 194 Å². The second-order valence-corrected chi connectivity index (χ2v) is 9.81. The van der Waals surface area contributed by atoms with Gasteiger partial charge in [0.15, 0.2) is 0 Å². The number of hydrogen-bond donors (Lipinski definition) is 3. The number of amides is 2. The predicted octanol–water partition coefficient (Wildman–Crippen LogP) is 3.25. The van der Waals surface area contributed by atoms with Crippen LogP contribution in [0, 0.1) is 11.2 Å². The fourth-order valence-electron chi connectivity index (χ4n) is 2.58. The summed E-state index contributed by atoms with van der Waals surface area (Å²) in [6, 6.07) is 1.92. The Hall–Kier alpha value is -2.85. The molecule has 174 valence electrons. The molecule has 0 bridgehead atoms. The quantitative estimate of drug-likeness (QED) is 0.195. The van der Waals surface area contributed by atoms with Crippen LogP contribution in [0.5, 0.6) is 0 Å². The Balaban J connectivity index is 2.58. The van der Waals surface area contributed by atoms with Crippen LogP contribution in [0.4, 0.5) is 14.9 Å². The summed E-state index contributed by atoms with van der Waals surface area (Å²) in [5.41, 5.74) is 11.4. The first-order valence-corrected chi connectivity index (χ1v) is 11.2. The first-order valence-electron chi connectivity index (χ1n) is 9.54. The highest BCUT2D eigenvalue weighted by atomic mass is 35.5. The van der Waals surface area contributed by atoms with Crippen molar-refractivity contribution in [3.05, 3.63) is 58.9 Å². The number of carbonyl (C=O) groups excluding carboxylic acids is 1. The number of anilines is 1. The monoisotopic (exact) mass is 483 g/mol. The molecule has 2 amide bonds. The largest absolute Gasteiger partial charge is 0.443 e. The molecule has 1 aromatic carbocycles. The summed E-state index contributed by atoms with van der Waals surface area (Å²) in [7, 11) is -0.236. The Morgan fingerprint density at radius 2 is 2.06 bits per heavy atom. The number of hydrogen-bond acceptors (Lipinski definition) is 6. The zero-order chi connectivity index (χ0) is 24.2. The number of ether oxygens (including phenoxy) is 1. The molecule has 32 heavy (non-hydrogen) atoms. The zero-order valence-electron chi connectivity index (χ0n) is 18.4. The van der Waals surface area contributed by atoms with Crippen LogP contribution >= 0.6 is 11.6 Å². The molecular formula is C21H27ClFN5O3S. The highest BCUT2D eigenvalue weighted by Crippen LogP contribution is 2.32. The highest BCUT2D eigenvalue weighted by molar-refractivity contribution is 7.85. The van der Waals surface area contributed by atoms with Crippen LogP contribution in [0.3, 0.4) is 0 Å². The summed E-state index contributed by atoms with van der Waals surface area (Å²) in [6.45, 7) is 9.47. The Bertz CT molecular complexity index is 1040. The maximum absolute atomic E-state index is 15.0. The van der Waals surface area contributed by atoms with Gasteiger partial charge in [-0.3, -0.25) is 14.1 Å². The van der Waals surface area contributed by atoms with E-state index in [1.54, 1.807) is 0 Å². The minimum atomic E-state index is -1.68. The number of urea groups is 1. The third-order valence-electron chi connectivity index (χ3n) is 4.47. The van der Waals surface area contributed by atoms with E-state index in [1.165, 1.54) is 30.2 Å². The molecule has 0 saturated carbocycles. The van der Waals surface area contributed by atoms with Crippen molar-refractivity contribution in [2.75, 3.05) is 24.4 Å². The Morgan fingerprint density at radius 1 is 1.41 bits per heavy atom. The molecule has 0 spiro atoms. The van der Waals surface area contributed by atoms with E-state index in [-0.39, 0.29) is 45.3 Å². The van der Waals surface area contributed by atoms with Gasteiger partial charge in [0.2, 0.25) is 5.90 Å². The number of allylic oxidation sites excluding steroid dienone is 3. The van der Waals surface area contributed by atoms with E-state index in [2.05, 4.69) is 16.9 Å². The molecule has 0 aliphatic carbocycles. The van der Waals surface area contributed by atoms with Crippen LogP contribution < -0.4 is 21.7 Å². The molecule has 1 aliphatic heterocycles. The lowest BCUT2D eigenvalue weighted by Gasteiger charge is -2.25. The summed E-state index contributed by atoms with van der Waals surface area (Å²) in [6.07, 6.45) is 2.81. The summed E-state index contributed by atoms with van der Waals surface area (Å²) < 4.78 is 33.4. The second-order valence-electron chi connectivity index (χ2n) is 7.95. The van der Waals surface area contributed by atoms with Crippen molar-refractivity contribution in [1.82, 2.24) is 5.32 Å². The SMILES string of the molecule is C=C(OC(=NC)c1cc2c(cc1F)S(=O)CNC(=O)N2C/C(N)=C/C=C(\N)Cl)C(C)(C)C. The number of benzene rings is 1. The van der Waals surface area contributed by atoms with Gasteiger partial charge in [0.25, 0.3) is 0 Å². The number of fused-ring (bicyclic) bond motifs is 1. The third kappa shape index (κ3) is 6.10. The molecule has 0 saturated heterocycles. The summed E-state index contributed by atoms with van der Waals surface area (Å²) in [4.78, 5) is 18.1. The van der Waals surface area contributed by atoms with E-state index in [4.69, 9.17) is 27.8 Å². The number of nitrogens with two attached hydrogens (primary N) is 2. The van der Waals surface area contributed by atoms with Gasteiger partial charge in [-0.1, -0.05) is 39.0 Å². The van der Waals surface area contributed by atoms with Crippen molar-refractivity contribution in [1.29, 1.82) is 0 Å². The molecule has 11 heteroatoms. The molecule has 2 rings (SSSR count). The van der Waals surface area contributed by atoms with E-state index in [0.29, 0.717) is 5.76 Å². The topological polar surface area (TPSA) is 123 Å². The van der Waals surface area contributed by atoms with E-state index < -0.39 is 28.1 Å². The normalized spacial score (nSPS) is 18.1. The van der Waals surface area contributed by atoms with Crippen LogP contribution in [-0.4, -0.2) is 35.6 Å². The maximum Gasteiger partial charge on any atom is 0.323 e. The molecule has 1 heterocycles. The lowest BCUT2D eigenvalue weighted by Crippen LogP contribution is -2.41. The van der Waals surface area contributed by atoms with E-state index >= 15 is 4.39 Å². The molecule has 0 aromatic heterocycles. The fourth-order valence-corrected chi connectivity index (χ4v) is 3.69.